The van der Waals surface area contributed by atoms with Crippen LogP contribution in [0.15, 0.2) is 18.5 Å². The predicted octanol–water partition coefficient (Wildman–Crippen LogP) is 1.80. The predicted molar refractivity (Wildman–Crippen MR) is 53.0 cm³/mol. The van der Waals surface area contributed by atoms with E-state index in [1.54, 1.807) is 18.5 Å². The minimum Gasteiger partial charge on any atom is -0.338 e. The molecular formula is C10H14FN3. The van der Waals surface area contributed by atoms with Gasteiger partial charge in [-0.3, -0.25) is 0 Å². The normalized spacial score (nSPS) is 26.4. The van der Waals surface area contributed by atoms with Gasteiger partial charge in [-0.05, 0) is 25.3 Å². The Morgan fingerprint density at radius 1 is 1.36 bits per heavy atom. The summed E-state index contributed by atoms with van der Waals surface area (Å²) < 4.78 is 13.4. The van der Waals surface area contributed by atoms with Gasteiger partial charge in [0.1, 0.15) is 6.17 Å². The number of nitrogens with zero attached hydrogens (tertiary/aromatic N) is 3. The smallest absolute Gasteiger partial charge is 0.225 e. The number of alkyl halides is 1. The van der Waals surface area contributed by atoms with Crippen LogP contribution in [0.4, 0.5) is 10.3 Å². The van der Waals surface area contributed by atoms with E-state index in [1.165, 1.54) is 0 Å². The Morgan fingerprint density at radius 2 is 2.07 bits per heavy atom. The van der Waals surface area contributed by atoms with Crippen molar-refractivity contribution in [2.75, 3.05) is 11.9 Å². The van der Waals surface area contributed by atoms with Gasteiger partial charge < -0.3 is 4.90 Å². The van der Waals surface area contributed by atoms with Crippen LogP contribution in [0, 0.1) is 0 Å². The molecule has 14 heavy (non-hydrogen) atoms. The Balaban J connectivity index is 2.12. The molecule has 0 aliphatic heterocycles. The second-order valence-electron chi connectivity index (χ2n) is 3.67. The zero-order valence-electron chi connectivity index (χ0n) is 8.23. The largest absolute Gasteiger partial charge is 0.338 e. The van der Waals surface area contributed by atoms with Gasteiger partial charge in [-0.2, -0.15) is 0 Å². The van der Waals surface area contributed by atoms with E-state index in [4.69, 9.17) is 0 Å². The Bertz CT molecular complexity index is 291. The summed E-state index contributed by atoms with van der Waals surface area (Å²) in [4.78, 5) is 10.1. The number of rotatable bonds is 2. The molecule has 1 aromatic rings. The Hall–Kier alpha value is -1.19. The lowest BCUT2D eigenvalue weighted by Gasteiger charge is -2.25. The molecule has 0 unspecified atom stereocenters. The van der Waals surface area contributed by atoms with Gasteiger partial charge in [0, 0.05) is 19.4 Å². The SMILES string of the molecule is CN(c1ncccn1)[C@@H]1CCC[C@H]1F. The highest BCUT2D eigenvalue weighted by atomic mass is 19.1. The van der Waals surface area contributed by atoms with E-state index in [9.17, 15) is 4.39 Å². The quantitative estimate of drug-likeness (QED) is 0.720. The third kappa shape index (κ3) is 1.69. The first kappa shape index (κ1) is 9.37. The van der Waals surface area contributed by atoms with Gasteiger partial charge in [-0.15, -0.1) is 0 Å². The second-order valence-corrected chi connectivity index (χ2v) is 3.67. The van der Waals surface area contributed by atoms with Crippen molar-refractivity contribution in [3.8, 4) is 0 Å². The molecule has 1 heterocycles. The third-order valence-electron chi connectivity index (χ3n) is 2.76. The molecule has 1 aliphatic carbocycles. The van der Waals surface area contributed by atoms with E-state index < -0.39 is 6.17 Å². The topological polar surface area (TPSA) is 29.0 Å². The Labute approximate surface area is 83.0 Å². The number of halogens is 1. The number of hydrogen-bond acceptors (Lipinski definition) is 3. The highest BCUT2D eigenvalue weighted by Crippen LogP contribution is 2.27. The summed E-state index contributed by atoms with van der Waals surface area (Å²) in [5.74, 6) is 0.613. The van der Waals surface area contributed by atoms with E-state index in [-0.39, 0.29) is 6.04 Å². The maximum absolute atomic E-state index is 13.4. The lowest BCUT2D eigenvalue weighted by Crippen LogP contribution is -2.36. The van der Waals surface area contributed by atoms with Crippen molar-refractivity contribution < 1.29 is 4.39 Å². The number of anilines is 1. The minimum atomic E-state index is -0.733. The molecule has 0 saturated heterocycles. The highest BCUT2D eigenvalue weighted by molar-refractivity contribution is 5.30. The molecule has 3 nitrogen and oxygen atoms in total. The van der Waals surface area contributed by atoms with Gasteiger partial charge in [-0.1, -0.05) is 0 Å². The molecule has 1 aliphatic rings. The average Bonchev–Trinajstić information content (AvgIpc) is 2.65. The molecule has 0 spiro atoms. The molecule has 0 radical (unpaired) electrons. The lowest BCUT2D eigenvalue weighted by molar-refractivity contribution is 0.306. The monoisotopic (exact) mass is 195 g/mol. The zero-order valence-corrected chi connectivity index (χ0v) is 8.23. The van der Waals surface area contributed by atoms with Crippen LogP contribution in [-0.2, 0) is 0 Å². The van der Waals surface area contributed by atoms with E-state index in [2.05, 4.69) is 9.97 Å². The van der Waals surface area contributed by atoms with Crippen molar-refractivity contribution >= 4 is 5.95 Å². The van der Waals surface area contributed by atoms with Crippen LogP contribution in [0.5, 0.6) is 0 Å². The molecule has 0 N–H and O–H groups in total. The van der Waals surface area contributed by atoms with Crippen molar-refractivity contribution in [2.45, 2.75) is 31.5 Å². The van der Waals surface area contributed by atoms with Gasteiger partial charge in [0.15, 0.2) is 0 Å². The summed E-state index contributed by atoms with van der Waals surface area (Å²) in [6.07, 6.45) is 5.16. The maximum atomic E-state index is 13.4. The summed E-state index contributed by atoms with van der Waals surface area (Å²) >= 11 is 0. The van der Waals surface area contributed by atoms with Crippen LogP contribution < -0.4 is 4.90 Å². The maximum Gasteiger partial charge on any atom is 0.225 e. The van der Waals surface area contributed by atoms with Crippen LogP contribution in [0.2, 0.25) is 0 Å². The first-order valence-corrected chi connectivity index (χ1v) is 4.93. The van der Waals surface area contributed by atoms with Crippen molar-refractivity contribution in [1.82, 2.24) is 9.97 Å². The fourth-order valence-electron chi connectivity index (χ4n) is 1.95. The summed E-state index contributed by atoms with van der Waals surface area (Å²) in [5, 5.41) is 0. The molecule has 2 atom stereocenters. The van der Waals surface area contributed by atoms with Crippen LogP contribution in [0.25, 0.3) is 0 Å². The van der Waals surface area contributed by atoms with Gasteiger partial charge in [0.25, 0.3) is 0 Å². The van der Waals surface area contributed by atoms with Crippen LogP contribution in [0.1, 0.15) is 19.3 Å². The standard InChI is InChI=1S/C10H14FN3/c1-14(9-5-2-4-8(9)11)10-12-6-3-7-13-10/h3,6-9H,2,4-5H2,1H3/t8-,9-/m1/s1. The fourth-order valence-corrected chi connectivity index (χ4v) is 1.95. The van der Waals surface area contributed by atoms with E-state index in [0.29, 0.717) is 12.4 Å². The summed E-state index contributed by atoms with van der Waals surface area (Å²) in [7, 11) is 1.86. The van der Waals surface area contributed by atoms with Crippen LogP contribution >= 0.6 is 0 Å². The number of hydrogen-bond donors (Lipinski definition) is 0. The molecule has 0 amide bonds. The van der Waals surface area contributed by atoms with Gasteiger partial charge >= 0.3 is 0 Å². The molecule has 1 aromatic heterocycles. The van der Waals surface area contributed by atoms with Crippen molar-refractivity contribution in [2.24, 2.45) is 0 Å². The first-order valence-electron chi connectivity index (χ1n) is 4.93. The molecule has 0 aromatic carbocycles. The first-order chi connectivity index (χ1) is 6.79. The number of aromatic nitrogens is 2. The molecule has 76 valence electrons. The van der Waals surface area contributed by atoms with E-state index in [0.717, 1.165) is 12.8 Å². The van der Waals surface area contributed by atoms with Crippen molar-refractivity contribution in [1.29, 1.82) is 0 Å². The molecule has 2 rings (SSSR count). The Kier molecular flexibility index (Phi) is 2.61. The van der Waals surface area contributed by atoms with Crippen LogP contribution in [0.3, 0.4) is 0 Å². The second kappa shape index (κ2) is 3.90. The average molecular weight is 195 g/mol. The summed E-state index contributed by atoms with van der Waals surface area (Å²) in [6.45, 7) is 0. The lowest BCUT2D eigenvalue weighted by atomic mass is 10.2. The molecule has 1 fully saturated rings. The van der Waals surface area contributed by atoms with Crippen molar-refractivity contribution in [3.05, 3.63) is 18.5 Å². The molecular weight excluding hydrogens is 181 g/mol. The fraction of sp³-hybridized carbons (Fsp3) is 0.600. The third-order valence-corrected chi connectivity index (χ3v) is 2.76. The van der Waals surface area contributed by atoms with E-state index in [1.807, 2.05) is 11.9 Å². The molecule has 0 bridgehead atoms. The highest BCUT2D eigenvalue weighted by Gasteiger charge is 2.31. The molecule has 1 saturated carbocycles. The summed E-state index contributed by atoms with van der Waals surface area (Å²) in [6, 6.07) is 1.72. The summed E-state index contributed by atoms with van der Waals surface area (Å²) in [5.41, 5.74) is 0. The van der Waals surface area contributed by atoms with Gasteiger partial charge in [0.2, 0.25) is 5.95 Å². The van der Waals surface area contributed by atoms with Gasteiger partial charge in [0.05, 0.1) is 6.04 Å². The Morgan fingerprint density at radius 3 is 2.64 bits per heavy atom. The molecule has 4 heteroatoms. The van der Waals surface area contributed by atoms with Gasteiger partial charge in [-0.25, -0.2) is 14.4 Å². The van der Waals surface area contributed by atoms with Crippen LogP contribution in [-0.4, -0.2) is 29.2 Å². The zero-order chi connectivity index (χ0) is 9.97. The van der Waals surface area contributed by atoms with Crippen molar-refractivity contribution in [3.63, 3.8) is 0 Å². The van der Waals surface area contributed by atoms with E-state index >= 15 is 0 Å². The minimum absolute atomic E-state index is 0.0441.